The molecule has 0 aliphatic rings. The van der Waals surface area contributed by atoms with Gasteiger partial charge in [0.1, 0.15) is 11.9 Å². The van der Waals surface area contributed by atoms with Gasteiger partial charge in [0.15, 0.2) is 0 Å². The van der Waals surface area contributed by atoms with Crippen LogP contribution in [0.5, 0.6) is 5.75 Å². The topological polar surface area (TPSA) is 35.2 Å². The third-order valence-corrected chi connectivity index (χ3v) is 4.55. The van der Waals surface area contributed by atoms with E-state index in [1.165, 1.54) is 0 Å². The largest absolute Gasteiger partial charge is 0.482 e. The summed E-state index contributed by atoms with van der Waals surface area (Å²) >= 11 is 11.2. The standard InChI is InChI=1S/C14H15BrClNOS/c1-2-11(17)14(13-4-3-7-19-13)18-12-6-5-9(15)8-10(12)16/h3-8,11,14H,2,17H2,1H3. The third-order valence-electron chi connectivity index (χ3n) is 2.83. The number of benzene rings is 1. The zero-order valence-electron chi connectivity index (χ0n) is 10.5. The molecule has 2 N–H and O–H groups in total. The number of hydrogen-bond donors (Lipinski definition) is 1. The van der Waals surface area contributed by atoms with E-state index in [1.54, 1.807) is 11.3 Å². The lowest BCUT2D eigenvalue weighted by atomic mass is 10.1. The Labute approximate surface area is 130 Å². The predicted molar refractivity (Wildman–Crippen MR) is 85.1 cm³/mol. The summed E-state index contributed by atoms with van der Waals surface area (Å²) in [4.78, 5) is 1.12. The van der Waals surface area contributed by atoms with Crippen molar-refractivity contribution in [1.82, 2.24) is 0 Å². The van der Waals surface area contributed by atoms with Crippen molar-refractivity contribution in [1.29, 1.82) is 0 Å². The molecule has 1 aromatic carbocycles. The lowest BCUT2D eigenvalue weighted by molar-refractivity contribution is 0.175. The number of thiophene rings is 1. The maximum atomic E-state index is 6.19. The first-order valence-corrected chi connectivity index (χ1v) is 8.07. The maximum absolute atomic E-state index is 6.19. The van der Waals surface area contributed by atoms with Gasteiger partial charge in [-0.05, 0) is 36.1 Å². The minimum Gasteiger partial charge on any atom is -0.482 e. The highest BCUT2D eigenvalue weighted by atomic mass is 79.9. The molecular formula is C14H15BrClNOS. The quantitative estimate of drug-likeness (QED) is 0.812. The van der Waals surface area contributed by atoms with Gasteiger partial charge < -0.3 is 10.5 Å². The molecule has 1 heterocycles. The van der Waals surface area contributed by atoms with Crippen molar-refractivity contribution < 1.29 is 4.74 Å². The molecule has 0 radical (unpaired) electrons. The van der Waals surface area contributed by atoms with Crippen LogP contribution in [0.3, 0.4) is 0 Å². The van der Waals surface area contributed by atoms with Crippen molar-refractivity contribution in [3.8, 4) is 5.75 Å². The van der Waals surface area contributed by atoms with Crippen LogP contribution < -0.4 is 10.5 Å². The van der Waals surface area contributed by atoms with Crippen LogP contribution >= 0.6 is 38.9 Å². The van der Waals surface area contributed by atoms with Crippen LogP contribution in [0.1, 0.15) is 24.3 Å². The van der Waals surface area contributed by atoms with Crippen molar-refractivity contribution in [2.24, 2.45) is 5.73 Å². The normalized spacial score (nSPS) is 14.1. The van der Waals surface area contributed by atoms with Crippen molar-refractivity contribution in [2.75, 3.05) is 0 Å². The van der Waals surface area contributed by atoms with Crippen LogP contribution in [0.2, 0.25) is 5.02 Å². The second-order valence-electron chi connectivity index (χ2n) is 4.20. The fraction of sp³-hybridized carbons (Fsp3) is 0.286. The van der Waals surface area contributed by atoms with Crippen molar-refractivity contribution in [2.45, 2.75) is 25.5 Å². The monoisotopic (exact) mass is 359 g/mol. The lowest BCUT2D eigenvalue weighted by Crippen LogP contribution is -2.30. The maximum Gasteiger partial charge on any atom is 0.148 e. The van der Waals surface area contributed by atoms with E-state index in [2.05, 4.69) is 22.9 Å². The average Bonchev–Trinajstić information content (AvgIpc) is 2.91. The van der Waals surface area contributed by atoms with E-state index in [1.807, 2.05) is 35.7 Å². The van der Waals surface area contributed by atoms with Crippen molar-refractivity contribution >= 4 is 38.9 Å². The molecule has 0 amide bonds. The second kappa shape index (κ2) is 6.75. The van der Waals surface area contributed by atoms with E-state index in [0.29, 0.717) is 10.8 Å². The van der Waals surface area contributed by atoms with E-state index < -0.39 is 0 Å². The molecule has 0 saturated heterocycles. The summed E-state index contributed by atoms with van der Waals surface area (Å²) in [5, 5.41) is 2.61. The molecule has 5 heteroatoms. The number of rotatable bonds is 5. The summed E-state index contributed by atoms with van der Waals surface area (Å²) in [7, 11) is 0. The number of nitrogens with two attached hydrogens (primary N) is 1. The minimum atomic E-state index is -0.163. The Morgan fingerprint density at radius 1 is 1.42 bits per heavy atom. The molecule has 2 unspecified atom stereocenters. The number of halogens is 2. The smallest absolute Gasteiger partial charge is 0.148 e. The molecular weight excluding hydrogens is 346 g/mol. The van der Waals surface area contributed by atoms with Crippen molar-refractivity contribution in [3.05, 3.63) is 50.1 Å². The first-order valence-electron chi connectivity index (χ1n) is 6.02. The number of hydrogen-bond acceptors (Lipinski definition) is 3. The van der Waals surface area contributed by atoms with E-state index in [-0.39, 0.29) is 12.1 Å². The Balaban J connectivity index is 2.25. The van der Waals surface area contributed by atoms with Gasteiger partial charge in [-0.15, -0.1) is 11.3 Å². The molecule has 1 aromatic heterocycles. The van der Waals surface area contributed by atoms with Crippen LogP contribution in [-0.4, -0.2) is 6.04 Å². The summed E-state index contributed by atoms with van der Waals surface area (Å²) in [6, 6.07) is 9.57. The van der Waals surface area contributed by atoms with Gasteiger partial charge in [-0.25, -0.2) is 0 Å². The van der Waals surface area contributed by atoms with Crippen molar-refractivity contribution in [3.63, 3.8) is 0 Å². The number of ether oxygens (including phenoxy) is 1. The summed E-state index contributed by atoms with van der Waals surface area (Å²) in [5.41, 5.74) is 6.17. The highest BCUT2D eigenvalue weighted by molar-refractivity contribution is 9.10. The van der Waals surface area contributed by atoms with Crippen LogP contribution in [-0.2, 0) is 0 Å². The molecule has 0 aliphatic carbocycles. The molecule has 2 rings (SSSR count). The molecule has 0 saturated carbocycles. The second-order valence-corrected chi connectivity index (χ2v) is 6.50. The molecule has 0 spiro atoms. The SMILES string of the molecule is CCC(N)C(Oc1ccc(Br)cc1Cl)c1cccs1. The van der Waals surface area contributed by atoms with E-state index in [9.17, 15) is 0 Å². The highest BCUT2D eigenvalue weighted by Crippen LogP contribution is 2.34. The van der Waals surface area contributed by atoms with Gasteiger partial charge in [0.05, 0.1) is 5.02 Å². The zero-order valence-corrected chi connectivity index (χ0v) is 13.6. The Morgan fingerprint density at radius 3 is 2.79 bits per heavy atom. The fourth-order valence-corrected chi connectivity index (χ4v) is 3.28. The van der Waals surface area contributed by atoms with Crippen LogP contribution in [0.4, 0.5) is 0 Å². The van der Waals surface area contributed by atoms with Gasteiger partial charge in [0.25, 0.3) is 0 Å². The molecule has 2 aromatic rings. The Hall–Kier alpha value is -0.550. The van der Waals surface area contributed by atoms with E-state index in [0.717, 1.165) is 15.8 Å². The van der Waals surface area contributed by atoms with Crippen LogP contribution in [0, 0.1) is 0 Å². The summed E-state index contributed by atoms with van der Waals surface area (Å²) in [6.07, 6.45) is 0.681. The van der Waals surface area contributed by atoms with Gasteiger partial charge in [0, 0.05) is 15.4 Å². The van der Waals surface area contributed by atoms with Gasteiger partial charge in [0.2, 0.25) is 0 Å². The zero-order chi connectivity index (χ0) is 13.8. The fourth-order valence-electron chi connectivity index (χ4n) is 1.73. The molecule has 102 valence electrons. The van der Waals surface area contributed by atoms with Gasteiger partial charge in [-0.3, -0.25) is 0 Å². The summed E-state index contributed by atoms with van der Waals surface area (Å²) in [6.45, 7) is 2.05. The lowest BCUT2D eigenvalue weighted by Gasteiger charge is -2.24. The van der Waals surface area contributed by atoms with Gasteiger partial charge in [-0.1, -0.05) is 40.5 Å². The molecule has 0 fully saturated rings. The third kappa shape index (κ3) is 3.72. The molecule has 2 nitrogen and oxygen atoms in total. The Morgan fingerprint density at radius 2 is 2.21 bits per heavy atom. The highest BCUT2D eigenvalue weighted by Gasteiger charge is 2.22. The molecule has 0 bridgehead atoms. The minimum absolute atomic E-state index is 0.0571. The molecule has 19 heavy (non-hydrogen) atoms. The average molecular weight is 361 g/mol. The summed E-state index contributed by atoms with van der Waals surface area (Å²) < 4.78 is 6.96. The van der Waals surface area contributed by atoms with Gasteiger partial charge >= 0.3 is 0 Å². The van der Waals surface area contributed by atoms with E-state index in [4.69, 9.17) is 22.1 Å². The van der Waals surface area contributed by atoms with Gasteiger partial charge in [-0.2, -0.15) is 0 Å². The Bertz CT molecular complexity index is 532. The first-order chi connectivity index (χ1) is 9.11. The molecule has 2 atom stereocenters. The van der Waals surface area contributed by atoms with Crippen LogP contribution in [0.25, 0.3) is 0 Å². The molecule has 0 aliphatic heterocycles. The predicted octanol–water partition coefficient (Wildman–Crippen LogP) is 5.02. The summed E-state index contributed by atoms with van der Waals surface area (Å²) in [5.74, 6) is 0.659. The van der Waals surface area contributed by atoms with E-state index >= 15 is 0 Å². The van der Waals surface area contributed by atoms with Crippen LogP contribution in [0.15, 0.2) is 40.2 Å². The Kier molecular flexibility index (Phi) is 5.28. The first kappa shape index (κ1) is 14.9.